The van der Waals surface area contributed by atoms with E-state index in [1.807, 2.05) is 0 Å². The second-order valence-corrected chi connectivity index (χ2v) is 2.69. The van der Waals surface area contributed by atoms with Gasteiger partial charge in [0.15, 0.2) is 0 Å². The van der Waals surface area contributed by atoms with Crippen molar-refractivity contribution in [2.24, 2.45) is 5.92 Å². The number of hydrogen-bond acceptors (Lipinski definition) is 2. The van der Waals surface area contributed by atoms with Crippen molar-refractivity contribution in [3.63, 3.8) is 0 Å². The summed E-state index contributed by atoms with van der Waals surface area (Å²) in [6, 6.07) is 3.11. The van der Waals surface area contributed by atoms with Crippen molar-refractivity contribution in [2.45, 2.75) is 24.9 Å². The zero-order valence-corrected chi connectivity index (χ0v) is 4.59. The van der Waals surface area contributed by atoms with E-state index in [1.165, 1.54) is 6.42 Å². The molecule has 1 N–H and O–H groups in total. The number of hydrogen-bond donors (Lipinski definition) is 1. The summed E-state index contributed by atoms with van der Waals surface area (Å²) in [5.41, 5.74) is 0. The second-order valence-electron chi connectivity index (χ2n) is 2.69. The van der Waals surface area contributed by atoms with Crippen molar-refractivity contribution in [3.05, 3.63) is 0 Å². The number of nitrogens with zero attached hydrogens (tertiary/aromatic N) is 1. The van der Waals surface area contributed by atoms with Crippen LogP contribution >= 0.6 is 0 Å². The SMILES string of the molecule is N#CC1CC2CC2N1. The van der Waals surface area contributed by atoms with E-state index in [9.17, 15) is 0 Å². The van der Waals surface area contributed by atoms with Crippen molar-refractivity contribution in [1.29, 1.82) is 5.26 Å². The van der Waals surface area contributed by atoms with Crippen molar-refractivity contribution in [3.8, 4) is 6.07 Å². The summed E-state index contributed by atoms with van der Waals surface area (Å²) in [4.78, 5) is 0. The minimum Gasteiger partial charge on any atom is -0.299 e. The summed E-state index contributed by atoms with van der Waals surface area (Å²) in [5.74, 6) is 0.861. The summed E-state index contributed by atoms with van der Waals surface area (Å²) < 4.78 is 0. The third kappa shape index (κ3) is 0.452. The van der Waals surface area contributed by atoms with Gasteiger partial charge in [0.1, 0.15) is 0 Å². The molecule has 2 heteroatoms. The monoisotopic (exact) mass is 108 g/mol. The first-order valence-electron chi connectivity index (χ1n) is 3.06. The van der Waals surface area contributed by atoms with Crippen LogP contribution in [0.1, 0.15) is 12.8 Å². The third-order valence-corrected chi connectivity index (χ3v) is 2.03. The number of fused-ring (bicyclic) bond motifs is 1. The highest BCUT2D eigenvalue weighted by Crippen LogP contribution is 2.40. The first-order chi connectivity index (χ1) is 3.90. The maximum absolute atomic E-state index is 8.39. The zero-order chi connectivity index (χ0) is 5.56. The largest absolute Gasteiger partial charge is 0.299 e. The quantitative estimate of drug-likeness (QED) is 0.483. The summed E-state index contributed by atoms with van der Waals surface area (Å²) in [5, 5.41) is 11.6. The Balaban J connectivity index is 2.01. The Bertz CT molecular complexity index is 137. The first-order valence-corrected chi connectivity index (χ1v) is 3.06. The van der Waals surface area contributed by atoms with E-state index in [1.54, 1.807) is 0 Å². The van der Waals surface area contributed by atoms with Crippen molar-refractivity contribution in [2.75, 3.05) is 0 Å². The molecule has 0 spiro atoms. The minimum absolute atomic E-state index is 0.179. The Hall–Kier alpha value is -0.550. The Morgan fingerprint density at radius 3 is 2.75 bits per heavy atom. The van der Waals surface area contributed by atoms with E-state index in [0.29, 0.717) is 0 Å². The van der Waals surface area contributed by atoms with E-state index < -0.39 is 0 Å². The maximum atomic E-state index is 8.39. The first kappa shape index (κ1) is 4.34. The van der Waals surface area contributed by atoms with Gasteiger partial charge in [0, 0.05) is 6.04 Å². The lowest BCUT2D eigenvalue weighted by molar-refractivity contribution is 0.643. The summed E-state index contributed by atoms with van der Waals surface area (Å²) in [7, 11) is 0. The molecule has 8 heavy (non-hydrogen) atoms. The molecule has 0 bridgehead atoms. The van der Waals surface area contributed by atoms with E-state index >= 15 is 0 Å². The fourth-order valence-electron chi connectivity index (χ4n) is 1.43. The predicted octanol–water partition coefficient (Wildman–Crippen LogP) is 0.260. The Labute approximate surface area is 48.5 Å². The molecule has 0 amide bonds. The van der Waals surface area contributed by atoms with Gasteiger partial charge in [-0.1, -0.05) is 0 Å². The molecule has 2 nitrogen and oxygen atoms in total. The molecule has 3 atom stereocenters. The number of nitriles is 1. The molecule has 1 saturated heterocycles. The number of nitrogens with one attached hydrogen (secondary N) is 1. The Kier molecular flexibility index (Phi) is 0.671. The van der Waals surface area contributed by atoms with Gasteiger partial charge in [0.05, 0.1) is 12.1 Å². The average Bonchev–Trinajstić information content (AvgIpc) is 2.40. The van der Waals surface area contributed by atoms with Crippen LogP contribution in [0.5, 0.6) is 0 Å². The second kappa shape index (κ2) is 1.24. The minimum atomic E-state index is 0.179. The fraction of sp³-hybridized carbons (Fsp3) is 0.833. The molecule has 1 aliphatic heterocycles. The van der Waals surface area contributed by atoms with Crippen LogP contribution in [0.25, 0.3) is 0 Å². The van der Waals surface area contributed by atoms with Crippen molar-refractivity contribution >= 4 is 0 Å². The smallest absolute Gasteiger partial charge is 0.0958 e. The van der Waals surface area contributed by atoms with Crippen molar-refractivity contribution < 1.29 is 0 Å². The summed E-state index contributed by atoms with van der Waals surface area (Å²) in [6.45, 7) is 0. The lowest BCUT2D eigenvalue weighted by atomic mass is 10.2. The molecule has 2 rings (SSSR count). The van der Waals surface area contributed by atoms with Crippen LogP contribution < -0.4 is 5.32 Å². The number of rotatable bonds is 0. The lowest BCUT2D eigenvalue weighted by Gasteiger charge is -1.98. The number of piperidine rings is 1. The lowest BCUT2D eigenvalue weighted by Crippen LogP contribution is -2.23. The van der Waals surface area contributed by atoms with Crippen molar-refractivity contribution in [1.82, 2.24) is 5.32 Å². The molecule has 42 valence electrons. The molecule has 0 aromatic heterocycles. The standard InChI is InChI=1S/C6H8N2/c7-3-5-1-4-2-6(4)8-5/h4-6,8H,1-2H2. The van der Waals surface area contributed by atoms with E-state index in [2.05, 4.69) is 11.4 Å². The molecule has 1 heterocycles. The van der Waals surface area contributed by atoms with Gasteiger partial charge in [-0.25, -0.2) is 0 Å². The average molecular weight is 108 g/mol. The van der Waals surface area contributed by atoms with Gasteiger partial charge in [-0.15, -0.1) is 0 Å². The van der Waals surface area contributed by atoms with Crippen LogP contribution in [-0.2, 0) is 0 Å². The third-order valence-electron chi connectivity index (χ3n) is 2.03. The van der Waals surface area contributed by atoms with Gasteiger partial charge in [-0.3, -0.25) is 5.32 Å². The molecule has 1 saturated carbocycles. The van der Waals surface area contributed by atoms with Crippen LogP contribution in [0.15, 0.2) is 0 Å². The van der Waals surface area contributed by atoms with Crippen LogP contribution in [-0.4, -0.2) is 12.1 Å². The molecular weight excluding hydrogens is 100 g/mol. The molecule has 0 aromatic carbocycles. The Morgan fingerprint density at radius 2 is 2.38 bits per heavy atom. The Morgan fingerprint density at radius 1 is 1.50 bits per heavy atom. The van der Waals surface area contributed by atoms with E-state index in [-0.39, 0.29) is 6.04 Å². The molecule has 0 aromatic rings. The zero-order valence-electron chi connectivity index (χ0n) is 4.59. The van der Waals surface area contributed by atoms with Gasteiger partial charge in [-0.2, -0.15) is 5.26 Å². The highest BCUT2D eigenvalue weighted by Gasteiger charge is 2.45. The molecule has 2 aliphatic rings. The van der Waals surface area contributed by atoms with Crippen LogP contribution in [0.2, 0.25) is 0 Å². The molecule has 1 aliphatic carbocycles. The highest BCUT2D eigenvalue weighted by atomic mass is 15.0. The van der Waals surface area contributed by atoms with Gasteiger partial charge >= 0.3 is 0 Å². The molecule has 0 radical (unpaired) electrons. The molecular formula is C6H8N2. The van der Waals surface area contributed by atoms with Crippen LogP contribution in [0.3, 0.4) is 0 Å². The molecule has 2 fully saturated rings. The summed E-state index contributed by atoms with van der Waals surface area (Å²) >= 11 is 0. The molecule has 3 unspecified atom stereocenters. The highest BCUT2D eigenvalue weighted by molar-refractivity contribution is 5.09. The normalized spacial score (nSPS) is 50.1. The van der Waals surface area contributed by atoms with Gasteiger partial charge in [0.2, 0.25) is 0 Å². The maximum Gasteiger partial charge on any atom is 0.0958 e. The van der Waals surface area contributed by atoms with Gasteiger partial charge in [0.25, 0.3) is 0 Å². The topological polar surface area (TPSA) is 35.8 Å². The van der Waals surface area contributed by atoms with E-state index in [0.717, 1.165) is 18.4 Å². The summed E-state index contributed by atoms with van der Waals surface area (Å²) in [6.07, 6.45) is 2.42. The van der Waals surface area contributed by atoms with E-state index in [4.69, 9.17) is 5.26 Å². The van der Waals surface area contributed by atoms with Crippen LogP contribution in [0.4, 0.5) is 0 Å². The van der Waals surface area contributed by atoms with Gasteiger partial charge in [-0.05, 0) is 18.8 Å². The predicted molar refractivity (Wildman–Crippen MR) is 29.0 cm³/mol. The fourth-order valence-corrected chi connectivity index (χ4v) is 1.43. The van der Waals surface area contributed by atoms with Crippen LogP contribution in [0, 0.1) is 17.2 Å². The van der Waals surface area contributed by atoms with Gasteiger partial charge < -0.3 is 0 Å².